The van der Waals surface area contributed by atoms with E-state index in [0.717, 1.165) is 35.6 Å². The van der Waals surface area contributed by atoms with Crippen LogP contribution in [0.5, 0.6) is 0 Å². The first kappa shape index (κ1) is 18.1. The zero-order valence-corrected chi connectivity index (χ0v) is 14.5. The second-order valence-corrected chi connectivity index (χ2v) is 7.00. The maximum absolute atomic E-state index is 12.4. The third-order valence-corrected chi connectivity index (χ3v) is 5.46. The van der Waals surface area contributed by atoms with Crippen molar-refractivity contribution >= 4 is 41.7 Å². The highest BCUT2D eigenvalue weighted by Crippen LogP contribution is 2.32. The zero-order chi connectivity index (χ0) is 15.5. The van der Waals surface area contributed by atoms with Gasteiger partial charge in [-0.2, -0.15) is 0 Å². The van der Waals surface area contributed by atoms with Crippen LogP contribution in [-0.4, -0.2) is 30.2 Å². The van der Waals surface area contributed by atoms with Crippen molar-refractivity contribution < 1.29 is 9.59 Å². The summed E-state index contributed by atoms with van der Waals surface area (Å²) in [5.74, 6) is 1.06. The molecule has 1 aromatic rings. The van der Waals surface area contributed by atoms with Crippen LogP contribution in [0, 0.1) is 5.92 Å². The molecule has 23 heavy (non-hydrogen) atoms. The Labute approximate surface area is 146 Å². The highest BCUT2D eigenvalue weighted by Gasteiger charge is 2.27. The van der Waals surface area contributed by atoms with E-state index < -0.39 is 0 Å². The Morgan fingerprint density at radius 2 is 2.22 bits per heavy atom. The molecule has 2 atom stereocenters. The number of carbonyl (C=O) groups excluding carboxylic acids is 2. The molecule has 0 bridgehead atoms. The maximum Gasteiger partial charge on any atom is 0.251 e. The molecular weight excluding hydrogens is 334 g/mol. The van der Waals surface area contributed by atoms with Gasteiger partial charge in [0.05, 0.1) is 5.69 Å². The van der Waals surface area contributed by atoms with E-state index >= 15 is 0 Å². The van der Waals surface area contributed by atoms with Crippen LogP contribution >= 0.6 is 24.2 Å². The minimum atomic E-state index is -0.0864. The molecule has 0 saturated heterocycles. The van der Waals surface area contributed by atoms with Crippen LogP contribution in [0.1, 0.15) is 36.0 Å². The first-order chi connectivity index (χ1) is 10.7. The predicted molar refractivity (Wildman–Crippen MR) is 95.3 cm³/mol. The summed E-state index contributed by atoms with van der Waals surface area (Å²) in [5, 5.41) is 5.96. The lowest BCUT2D eigenvalue weighted by Gasteiger charge is -2.19. The van der Waals surface area contributed by atoms with Crippen LogP contribution in [0.2, 0.25) is 0 Å². The van der Waals surface area contributed by atoms with Crippen LogP contribution in [0.25, 0.3) is 0 Å². The van der Waals surface area contributed by atoms with Gasteiger partial charge in [-0.05, 0) is 43.5 Å². The SMILES string of the molecule is Cl.NCC1CCCC1NC(=O)c1ccc2c(c1)NC(=O)CCS2. The zero-order valence-electron chi connectivity index (χ0n) is 12.8. The van der Waals surface area contributed by atoms with Crippen molar-refractivity contribution in [3.05, 3.63) is 23.8 Å². The molecule has 3 rings (SSSR count). The van der Waals surface area contributed by atoms with Gasteiger partial charge in [-0.1, -0.05) is 6.42 Å². The van der Waals surface area contributed by atoms with Crippen LogP contribution in [0.3, 0.4) is 0 Å². The molecule has 5 nitrogen and oxygen atoms in total. The molecule has 4 N–H and O–H groups in total. The van der Waals surface area contributed by atoms with Crippen LogP contribution in [0.4, 0.5) is 5.69 Å². The van der Waals surface area contributed by atoms with E-state index in [0.29, 0.717) is 24.4 Å². The number of carbonyl (C=O) groups is 2. The van der Waals surface area contributed by atoms with Crippen molar-refractivity contribution in [3.8, 4) is 0 Å². The number of anilines is 1. The number of hydrogen-bond donors (Lipinski definition) is 3. The molecule has 1 aliphatic heterocycles. The van der Waals surface area contributed by atoms with Crippen molar-refractivity contribution in [1.29, 1.82) is 0 Å². The summed E-state index contributed by atoms with van der Waals surface area (Å²) in [6, 6.07) is 5.67. The lowest BCUT2D eigenvalue weighted by molar-refractivity contribution is -0.115. The second-order valence-electron chi connectivity index (χ2n) is 5.86. The molecule has 7 heteroatoms. The van der Waals surface area contributed by atoms with Gasteiger partial charge >= 0.3 is 0 Å². The molecule has 2 unspecified atom stereocenters. The fourth-order valence-electron chi connectivity index (χ4n) is 3.12. The number of rotatable bonds is 3. The average molecular weight is 356 g/mol. The normalized spacial score (nSPS) is 23.3. The molecule has 1 aliphatic carbocycles. The van der Waals surface area contributed by atoms with E-state index in [1.165, 1.54) is 0 Å². The topological polar surface area (TPSA) is 84.2 Å². The van der Waals surface area contributed by atoms with Gasteiger partial charge in [0.1, 0.15) is 0 Å². The number of amides is 2. The quantitative estimate of drug-likeness (QED) is 0.777. The van der Waals surface area contributed by atoms with Crippen molar-refractivity contribution in [2.24, 2.45) is 11.7 Å². The fraction of sp³-hybridized carbons (Fsp3) is 0.500. The first-order valence-electron chi connectivity index (χ1n) is 7.75. The largest absolute Gasteiger partial charge is 0.349 e. The molecule has 126 valence electrons. The summed E-state index contributed by atoms with van der Waals surface area (Å²) < 4.78 is 0. The molecule has 2 amide bonds. The van der Waals surface area contributed by atoms with Crippen molar-refractivity contribution in [3.63, 3.8) is 0 Å². The first-order valence-corrected chi connectivity index (χ1v) is 8.73. The Morgan fingerprint density at radius 3 is 3.00 bits per heavy atom. The van der Waals surface area contributed by atoms with Gasteiger partial charge in [-0.3, -0.25) is 9.59 Å². The number of thioether (sulfide) groups is 1. The van der Waals surface area contributed by atoms with Crippen LogP contribution in [-0.2, 0) is 4.79 Å². The van der Waals surface area contributed by atoms with E-state index in [2.05, 4.69) is 10.6 Å². The van der Waals surface area contributed by atoms with Gasteiger partial charge in [0, 0.05) is 28.7 Å². The number of halogens is 1. The van der Waals surface area contributed by atoms with Gasteiger partial charge in [0.2, 0.25) is 5.91 Å². The van der Waals surface area contributed by atoms with E-state index in [4.69, 9.17) is 5.73 Å². The molecule has 1 fully saturated rings. The van der Waals surface area contributed by atoms with E-state index in [1.807, 2.05) is 12.1 Å². The van der Waals surface area contributed by atoms with Gasteiger partial charge in [0.25, 0.3) is 5.91 Å². The van der Waals surface area contributed by atoms with Gasteiger partial charge in [-0.15, -0.1) is 24.2 Å². The van der Waals surface area contributed by atoms with Crippen LogP contribution in [0.15, 0.2) is 23.1 Å². The Bertz CT molecular complexity index is 597. The Balaban J connectivity index is 0.00000192. The Kier molecular flexibility index (Phi) is 6.33. The third-order valence-electron chi connectivity index (χ3n) is 4.38. The molecule has 1 aromatic carbocycles. The molecule has 0 radical (unpaired) electrons. The van der Waals surface area contributed by atoms with E-state index in [1.54, 1.807) is 17.8 Å². The van der Waals surface area contributed by atoms with Crippen LogP contribution < -0.4 is 16.4 Å². The number of nitrogens with one attached hydrogen (secondary N) is 2. The molecular formula is C16H22ClN3O2S. The van der Waals surface area contributed by atoms with E-state index in [-0.39, 0.29) is 30.3 Å². The summed E-state index contributed by atoms with van der Waals surface area (Å²) in [6.45, 7) is 0.613. The van der Waals surface area contributed by atoms with Gasteiger partial charge in [0.15, 0.2) is 0 Å². The summed E-state index contributed by atoms with van der Waals surface area (Å²) in [6.07, 6.45) is 3.69. The summed E-state index contributed by atoms with van der Waals surface area (Å²) in [5.41, 5.74) is 7.09. The summed E-state index contributed by atoms with van der Waals surface area (Å²) in [7, 11) is 0. The minimum absolute atomic E-state index is 0. The number of nitrogens with two attached hydrogens (primary N) is 1. The molecule has 2 aliphatic rings. The van der Waals surface area contributed by atoms with E-state index in [9.17, 15) is 9.59 Å². The highest BCUT2D eigenvalue weighted by atomic mass is 35.5. The van der Waals surface area contributed by atoms with Gasteiger partial charge in [-0.25, -0.2) is 0 Å². The van der Waals surface area contributed by atoms with Crippen molar-refractivity contribution in [2.45, 2.75) is 36.6 Å². The summed E-state index contributed by atoms with van der Waals surface area (Å²) in [4.78, 5) is 25.1. The Hall–Kier alpha value is -1.24. The summed E-state index contributed by atoms with van der Waals surface area (Å²) >= 11 is 1.64. The third kappa shape index (κ3) is 4.19. The van der Waals surface area contributed by atoms with Gasteiger partial charge < -0.3 is 16.4 Å². The smallest absolute Gasteiger partial charge is 0.251 e. The van der Waals surface area contributed by atoms with Crippen molar-refractivity contribution in [2.75, 3.05) is 17.6 Å². The number of fused-ring (bicyclic) bond motifs is 1. The molecule has 0 spiro atoms. The molecule has 1 heterocycles. The second kappa shape index (κ2) is 8.04. The number of benzene rings is 1. The molecule has 0 aromatic heterocycles. The minimum Gasteiger partial charge on any atom is -0.349 e. The van der Waals surface area contributed by atoms with Crippen molar-refractivity contribution in [1.82, 2.24) is 5.32 Å². The lowest BCUT2D eigenvalue weighted by atomic mass is 10.0. The average Bonchev–Trinajstić information content (AvgIpc) is 2.86. The predicted octanol–water partition coefficient (Wildman–Crippen LogP) is 2.40. The molecule has 1 saturated carbocycles. The number of hydrogen-bond acceptors (Lipinski definition) is 4. The standard InChI is InChI=1S/C16H21N3O2S.ClH/c17-9-11-2-1-3-12(11)19-16(21)10-4-5-14-13(8-10)18-15(20)6-7-22-14;/h4-5,8,11-12H,1-3,6-7,9,17H2,(H,18,20)(H,19,21);1H. The maximum atomic E-state index is 12.4. The highest BCUT2D eigenvalue weighted by molar-refractivity contribution is 7.99. The monoisotopic (exact) mass is 355 g/mol. The lowest BCUT2D eigenvalue weighted by Crippen LogP contribution is -2.39. The fourth-order valence-corrected chi connectivity index (χ4v) is 4.06. The Morgan fingerprint density at radius 1 is 1.39 bits per heavy atom.